The van der Waals surface area contributed by atoms with Gasteiger partial charge in [-0.05, 0) is 83.1 Å². The first kappa shape index (κ1) is 32.8. The van der Waals surface area contributed by atoms with Gasteiger partial charge in [-0.3, -0.25) is 15.0 Å². The van der Waals surface area contributed by atoms with Crippen LogP contribution in [0.3, 0.4) is 0 Å². The normalized spacial score (nSPS) is 17.0. The molecule has 0 spiro atoms. The van der Waals surface area contributed by atoms with Crippen LogP contribution in [0, 0.1) is 19.3 Å². The average Bonchev–Trinajstić information content (AvgIpc) is 3.08. The number of hydrazine groups is 1. The fourth-order valence-corrected chi connectivity index (χ4v) is 5.32. The zero-order chi connectivity index (χ0) is 30.9. The van der Waals surface area contributed by atoms with Crippen LogP contribution in [0.15, 0.2) is 36.4 Å². The lowest BCUT2D eigenvalue weighted by Gasteiger charge is -2.39. The summed E-state index contributed by atoms with van der Waals surface area (Å²) in [4.78, 5) is 27.7. The molecular formula is C32H47BN2O6. The highest BCUT2D eigenvalue weighted by Crippen LogP contribution is 2.37. The summed E-state index contributed by atoms with van der Waals surface area (Å²) in [5, 5.41) is 1.49. The van der Waals surface area contributed by atoms with Crippen LogP contribution in [0.2, 0.25) is 0 Å². The number of carbonyl (C=O) groups is 2. The summed E-state index contributed by atoms with van der Waals surface area (Å²) < 4.78 is 23.8. The number of amides is 2. The lowest BCUT2D eigenvalue weighted by molar-refractivity contribution is -0.105. The van der Waals surface area contributed by atoms with Gasteiger partial charge in [-0.25, -0.2) is 5.01 Å². The van der Waals surface area contributed by atoms with Gasteiger partial charge in [0.25, 0.3) is 11.8 Å². The van der Waals surface area contributed by atoms with Crippen molar-refractivity contribution in [3.8, 4) is 0 Å². The smallest absolute Gasteiger partial charge is 0.399 e. The second kappa shape index (κ2) is 12.3. The van der Waals surface area contributed by atoms with Crippen LogP contribution in [0.25, 0.3) is 0 Å². The number of hydrogen-bond acceptors (Lipinski definition) is 6. The van der Waals surface area contributed by atoms with Crippen molar-refractivity contribution in [1.82, 2.24) is 10.4 Å². The highest BCUT2D eigenvalue weighted by Gasteiger charge is 2.52. The van der Waals surface area contributed by atoms with E-state index in [9.17, 15) is 9.59 Å². The van der Waals surface area contributed by atoms with Crippen LogP contribution in [0.5, 0.6) is 0 Å². The monoisotopic (exact) mass is 566 g/mol. The standard InChI is InChI=1S/C32H47BN2O6/c1-13-26(30(4,5)6)35(28(37)23-17-20(2)16-21(3)18-23)34-27(36)22-14-15-25(24(19-22)29(38-11)39-12)33-40-31(7,8)32(9,10)41-33/h14-19,26,29H,13H2,1-12H3,(H,34,36)/t26-/m1/s1. The van der Waals surface area contributed by atoms with Gasteiger partial charge in [0.05, 0.1) is 17.2 Å². The Labute approximate surface area is 246 Å². The number of carbonyl (C=O) groups excluding carboxylic acids is 2. The zero-order valence-electron chi connectivity index (χ0n) is 26.8. The first-order valence-electron chi connectivity index (χ1n) is 14.2. The van der Waals surface area contributed by atoms with Crippen molar-refractivity contribution in [3.05, 3.63) is 64.2 Å². The first-order valence-corrected chi connectivity index (χ1v) is 14.2. The van der Waals surface area contributed by atoms with Crippen LogP contribution in [-0.2, 0) is 18.8 Å². The lowest BCUT2D eigenvalue weighted by atomic mass is 9.75. The minimum Gasteiger partial charge on any atom is -0.399 e. The van der Waals surface area contributed by atoms with E-state index in [-0.39, 0.29) is 17.4 Å². The molecule has 0 aromatic heterocycles. The van der Waals surface area contributed by atoms with E-state index in [4.69, 9.17) is 18.8 Å². The highest BCUT2D eigenvalue weighted by molar-refractivity contribution is 6.62. The maximum absolute atomic E-state index is 13.9. The van der Waals surface area contributed by atoms with E-state index in [0.717, 1.165) is 11.1 Å². The topological polar surface area (TPSA) is 86.3 Å². The molecule has 224 valence electrons. The predicted octanol–water partition coefficient (Wildman–Crippen LogP) is 5.51. The molecule has 41 heavy (non-hydrogen) atoms. The Morgan fingerprint density at radius 1 is 0.927 bits per heavy atom. The summed E-state index contributed by atoms with van der Waals surface area (Å²) in [5.74, 6) is -0.675. The molecule has 1 saturated heterocycles. The predicted molar refractivity (Wildman–Crippen MR) is 162 cm³/mol. The fraction of sp³-hybridized carbons (Fsp3) is 0.562. The number of methoxy groups -OCH3 is 2. The first-order chi connectivity index (χ1) is 19.0. The van der Waals surface area contributed by atoms with E-state index in [1.54, 1.807) is 18.2 Å². The fourth-order valence-electron chi connectivity index (χ4n) is 5.32. The lowest BCUT2D eigenvalue weighted by Crippen LogP contribution is -2.56. The molecule has 1 aliphatic rings. The summed E-state index contributed by atoms with van der Waals surface area (Å²) in [6.07, 6.45) is -0.107. The molecule has 1 aliphatic heterocycles. The van der Waals surface area contributed by atoms with Crippen molar-refractivity contribution in [2.75, 3.05) is 14.2 Å². The number of ether oxygens (including phenoxy) is 2. The number of aryl methyl sites for hydroxylation is 2. The summed E-state index contributed by atoms with van der Waals surface area (Å²) in [6.45, 7) is 20.1. The Morgan fingerprint density at radius 3 is 1.93 bits per heavy atom. The van der Waals surface area contributed by atoms with Crippen molar-refractivity contribution >= 4 is 24.4 Å². The van der Waals surface area contributed by atoms with E-state index in [0.29, 0.717) is 28.6 Å². The van der Waals surface area contributed by atoms with Crippen molar-refractivity contribution in [1.29, 1.82) is 0 Å². The molecule has 8 nitrogen and oxygen atoms in total. The SMILES string of the molecule is CC[C@@H](N(NC(=O)c1ccc(B2OC(C)(C)C(C)(C)O2)c(C(OC)OC)c1)C(=O)c1cc(C)cc(C)c1)C(C)(C)C. The van der Waals surface area contributed by atoms with Crippen LogP contribution in [0.1, 0.15) is 106 Å². The maximum atomic E-state index is 13.9. The molecule has 0 saturated carbocycles. The van der Waals surface area contributed by atoms with Crippen molar-refractivity contribution in [2.24, 2.45) is 5.41 Å². The molecule has 0 unspecified atom stereocenters. The number of benzene rings is 2. The van der Waals surface area contributed by atoms with Gasteiger partial charge in [-0.1, -0.05) is 51.0 Å². The van der Waals surface area contributed by atoms with E-state index in [1.165, 1.54) is 19.2 Å². The molecule has 1 N–H and O–H groups in total. The molecule has 1 heterocycles. The third kappa shape index (κ3) is 7.03. The third-order valence-electron chi connectivity index (χ3n) is 8.15. The maximum Gasteiger partial charge on any atom is 0.495 e. The molecule has 2 aromatic carbocycles. The van der Waals surface area contributed by atoms with E-state index < -0.39 is 30.5 Å². The van der Waals surface area contributed by atoms with Gasteiger partial charge in [-0.15, -0.1) is 0 Å². The van der Waals surface area contributed by atoms with Crippen LogP contribution < -0.4 is 10.9 Å². The van der Waals surface area contributed by atoms with Crippen LogP contribution >= 0.6 is 0 Å². The zero-order valence-corrected chi connectivity index (χ0v) is 26.8. The van der Waals surface area contributed by atoms with Gasteiger partial charge in [-0.2, -0.15) is 0 Å². The summed E-state index contributed by atoms with van der Waals surface area (Å²) in [5.41, 5.74) is 5.72. The average molecular weight is 567 g/mol. The van der Waals surface area contributed by atoms with E-state index >= 15 is 0 Å². The van der Waals surface area contributed by atoms with Gasteiger partial charge >= 0.3 is 7.12 Å². The molecular weight excluding hydrogens is 519 g/mol. The van der Waals surface area contributed by atoms with Gasteiger partial charge in [0, 0.05) is 30.9 Å². The number of nitrogens with one attached hydrogen (secondary N) is 1. The molecule has 2 amide bonds. The van der Waals surface area contributed by atoms with E-state index in [2.05, 4.69) is 26.2 Å². The van der Waals surface area contributed by atoms with Crippen molar-refractivity contribution in [3.63, 3.8) is 0 Å². The molecule has 2 aromatic rings. The summed E-state index contributed by atoms with van der Waals surface area (Å²) in [7, 11) is 2.40. The molecule has 0 aliphatic carbocycles. The number of nitrogens with zero attached hydrogens (tertiary/aromatic N) is 1. The Hall–Kier alpha value is -2.72. The molecule has 3 rings (SSSR count). The molecule has 9 heteroatoms. The highest BCUT2D eigenvalue weighted by atomic mass is 16.7. The van der Waals surface area contributed by atoms with Crippen molar-refractivity contribution < 1.29 is 28.4 Å². The number of rotatable bonds is 8. The summed E-state index contributed by atoms with van der Waals surface area (Å²) >= 11 is 0. The minimum absolute atomic E-state index is 0.256. The van der Waals surface area contributed by atoms with Crippen LogP contribution in [0.4, 0.5) is 0 Å². The molecule has 1 atom stereocenters. The largest absolute Gasteiger partial charge is 0.495 e. The quantitative estimate of drug-likeness (QED) is 0.258. The van der Waals surface area contributed by atoms with Gasteiger partial charge < -0.3 is 18.8 Å². The van der Waals surface area contributed by atoms with Crippen LogP contribution in [-0.4, -0.2) is 55.4 Å². The Bertz CT molecular complexity index is 1230. The van der Waals surface area contributed by atoms with Crippen molar-refractivity contribution in [2.45, 2.75) is 99.2 Å². The Morgan fingerprint density at radius 2 is 1.46 bits per heavy atom. The Balaban J connectivity index is 2.04. The molecule has 1 fully saturated rings. The van der Waals surface area contributed by atoms with Gasteiger partial charge in [0.2, 0.25) is 0 Å². The Kier molecular flexibility index (Phi) is 9.80. The summed E-state index contributed by atoms with van der Waals surface area (Å²) in [6, 6.07) is 10.7. The number of hydrogen-bond donors (Lipinski definition) is 1. The minimum atomic E-state index is -0.761. The van der Waals surface area contributed by atoms with Gasteiger partial charge in [0.15, 0.2) is 6.29 Å². The second-order valence-electron chi connectivity index (χ2n) is 13.0. The van der Waals surface area contributed by atoms with E-state index in [1.807, 2.05) is 66.7 Å². The third-order valence-corrected chi connectivity index (χ3v) is 8.15. The second-order valence-corrected chi connectivity index (χ2v) is 13.0. The molecule has 0 bridgehead atoms. The molecule has 0 radical (unpaired) electrons. The van der Waals surface area contributed by atoms with Gasteiger partial charge in [0.1, 0.15) is 0 Å².